The molecule has 0 aliphatic carbocycles. The molecule has 1 spiro atoms. The molecule has 2 saturated heterocycles. The van der Waals surface area contributed by atoms with Gasteiger partial charge in [-0.15, -0.1) is 0 Å². The van der Waals surface area contributed by atoms with Crippen molar-refractivity contribution in [2.24, 2.45) is 0 Å². The lowest BCUT2D eigenvalue weighted by Crippen LogP contribution is -2.41. The van der Waals surface area contributed by atoms with Crippen molar-refractivity contribution in [2.75, 3.05) is 26.8 Å². The van der Waals surface area contributed by atoms with Crippen molar-refractivity contribution >= 4 is 0 Å². The first-order chi connectivity index (χ1) is 8.32. The second-order valence-corrected chi connectivity index (χ2v) is 4.99. The van der Waals surface area contributed by atoms with E-state index in [2.05, 4.69) is 14.9 Å². The number of nitrogens with zero attached hydrogens (tertiary/aromatic N) is 2. The molecule has 2 aliphatic heterocycles. The van der Waals surface area contributed by atoms with Crippen LogP contribution in [-0.2, 0) is 16.0 Å². The highest BCUT2D eigenvalue weighted by Gasteiger charge is 2.49. The van der Waals surface area contributed by atoms with Crippen molar-refractivity contribution in [1.29, 1.82) is 0 Å². The number of hydrogen-bond acceptors (Lipinski definition) is 4. The number of hydrogen-bond donors (Lipinski definition) is 1. The fraction of sp³-hybridized carbons (Fsp3) is 0.750. The Bertz CT molecular complexity index is 360. The van der Waals surface area contributed by atoms with E-state index in [-0.39, 0.29) is 11.7 Å². The highest BCUT2D eigenvalue weighted by atomic mass is 16.6. The molecule has 0 bridgehead atoms. The van der Waals surface area contributed by atoms with Crippen LogP contribution < -0.4 is 0 Å². The molecule has 5 heteroatoms. The zero-order valence-electron chi connectivity index (χ0n) is 10.2. The molecule has 0 radical (unpaired) electrons. The van der Waals surface area contributed by atoms with Gasteiger partial charge in [-0.25, -0.2) is 4.98 Å². The Morgan fingerprint density at radius 3 is 3.29 bits per heavy atom. The number of methoxy groups -OCH3 is 1. The van der Waals surface area contributed by atoms with Gasteiger partial charge in [0.15, 0.2) is 0 Å². The first-order valence-corrected chi connectivity index (χ1v) is 6.19. The molecule has 0 amide bonds. The Kier molecular flexibility index (Phi) is 2.90. The molecule has 0 saturated carbocycles. The highest BCUT2D eigenvalue weighted by molar-refractivity contribution is 5.04. The van der Waals surface area contributed by atoms with Crippen molar-refractivity contribution < 1.29 is 9.47 Å². The van der Waals surface area contributed by atoms with Crippen LogP contribution in [0.25, 0.3) is 0 Å². The third-order valence-corrected chi connectivity index (χ3v) is 3.87. The second kappa shape index (κ2) is 4.40. The zero-order valence-corrected chi connectivity index (χ0v) is 10.2. The quantitative estimate of drug-likeness (QED) is 0.844. The normalized spacial score (nSPS) is 33.8. The largest absolute Gasteiger partial charge is 0.377 e. The number of imidazole rings is 1. The molecule has 1 N–H and O–H groups in total. The van der Waals surface area contributed by atoms with Crippen LogP contribution in [0.15, 0.2) is 12.5 Å². The number of likely N-dealkylation sites (tertiary alicyclic amines) is 1. The molecule has 17 heavy (non-hydrogen) atoms. The van der Waals surface area contributed by atoms with E-state index >= 15 is 0 Å². The molecular weight excluding hydrogens is 218 g/mol. The Morgan fingerprint density at radius 2 is 2.65 bits per heavy atom. The van der Waals surface area contributed by atoms with Gasteiger partial charge in [0.25, 0.3) is 0 Å². The van der Waals surface area contributed by atoms with Gasteiger partial charge in [-0.05, 0) is 12.8 Å². The third kappa shape index (κ3) is 1.99. The van der Waals surface area contributed by atoms with Gasteiger partial charge in [0.05, 0.1) is 12.4 Å². The fourth-order valence-electron chi connectivity index (χ4n) is 3.07. The van der Waals surface area contributed by atoms with E-state index in [1.165, 1.54) is 0 Å². The number of nitrogens with one attached hydrogen (secondary N) is 1. The first kappa shape index (κ1) is 11.2. The molecule has 3 heterocycles. The SMILES string of the molecule is CO[C@H]1CN(Cc2cnc[nH]2)C[C@@]12CCCO2. The summed E-state index contributed by atoms with van der Waals surface area (Å²) in [5.41, 5.74) is 1.09. The standard InChI is InChI=1S/C12H19N3O2/c1-16-11-7-15(6-10-5-13-9-14-10)8-12(11)3-2-4-17-12/h5,9,11H,2-4,6-8H2,1H3,(H,13,14)/t11-,12-/m0/s1. The maximum Gasteiger partial charge on any atom is 0.108 e. The maximum absolute atomic E-state index is 5.96. The third-order valence-electron chi connectivity index (χ3n) is 3.87. The van der Waals surface area contributed by atoms with Crippen molar-refractivity contribution in [2.45, 2.75) is 31.1 Å². The van der Waals surface area contributed by atoms with Crippen LogP contribution in [-0.4, -0.2) is 53.4 Å². The van der Waals surface area contributed by atoms with Crippen LogP contribution in [0.5, 0.6) is 0 Å². The molecule has 5 nitrogen and oxygen atoms in total. The predicted octanol–water partition coefficient (Wildman–Crippen LogP) is 0.789. The average molecular weight is 237 g/mol. The summed E-state index contributed by atoms with van der Waals surface area (Å²) in [5.74, 6) is 0. The van der Waals surface area contributed by atoms with Crippen LogP contribution in [0.1, 0.15) is 18.5 Å². The summed E-state index contributed by atoms with van der Waals surface area (Å²) in [7, 11) is 1.79. The van der Waals surface area contributed by atoms with Crippen LogP contribution >= 0.6 is 0 Å². The van der Waals surface area contributed by atoms with E-state index in [0.717, 1.165) is 44.8 Å². The monoisotopic (exact) mass is 237 g/mol. The minimum absolute atomic E-state index is 0.0607. The molecule has 0 unspecified atom stereocenters. The van der Waals surface area contributed by atoms with Crippen LogP contribution in [0.4, 0.5) is 0 Å². The van der Waals surface area contributed by atoms with Crippen LogP contribution in [0.2, 0.25) is 0 Å². The summed E-state index contributed by atoms with van der Waals surface area (Å²) in [4.78, 5) is 9.57. The van der Waals surface area contributed by atoms with Gasteiger partial charge < -0.3 is 14.5 Å². The molecule has 2 atom stereocenters. The minimum Gasteiger partial charge on any atom is -0.377 e. The lowest BCUT2D eigenvalue weighted by atomic mass is 9.97. The number of aromatic nitrogens is 2. The van der Waals surface area contributed by atoms with E-state index in [1.54, 1.807) is 13.4 Å². The average Bonchev–Trinajstić information content (AvgIpc) is 3.02. The topological polar surface area (TPSA) is 50.4 Å². The van der Waals surface area contributed by atoms with E-state index < -0.39 is 0 Å². The van der Waals surface area contributed by atoms with Gasteiger partial charge >= 0.3 is 0 Å². The summed E-state index contributed by atoms with van der Waals surface area (Å²) in [6.45, 7) is 3.67. The van der Waals surface area contributed by atoms with Gasteiger partial charge in [0.1, 0.15) is 5.60 Å². The van der Waals surface area contributed by atoms with Crippen molar-refractivity contribution in [3.8, 4) is 0 Å². The lowest BCUT2D eigenvalue weighted by molar-refractivity contribution is -0.0756. The van der Waals surface area contributed by atoms with Crippen molar-refractivity contribution in [1.82, 2.24) is 14.9 Å². The smallest absolute Gasteiger partial charge is 0.108 e. The maximum atomic E-state index is 5.96. The molecule has 1 aromatic heterocycles. The first-order valence-electron chi connectivity index (χ1n) is 6.19. The highest BCUT2D eigenvalue weighted by Crippen LogP contribution is 2.37. The van der Waals surface area contributed by atoms with E-state index in [0.29, 0.717) is 0 Å². The van der Waals surface area contributed by atoms with E-state index in [9.17, 15) is 0 Å². The van der Waals surface area contributed by atoms with Gasteiger partial charge in [-0.2, -0.15) is 0 Å². The zero-order chi connectivity index (χ0) is 11.7. The molecule has 2 fully saturated rings. The van der Waals surface area contributed by atoms with Crippen LogP contribution in [0, 0.1) is 0 Å². The van der Waals surface area contributed by atoms with E-state index in [4.69, 9.17) is 9.47 Å². The molecule has 2 aliphatic rings. The number of aromatic amines is 1. The molecule has 3 rings (SSSR count). The van der Waals surface area contributed by atoms with Gasteiger partial charge in [-0.3, -0.25) is 4.90 Å². The van der Waals surface area contributed by atoms with Crippen molar-refractivity contribution in [3.63, 3.8) is 0 Å². The van der Waals surface area contributed by atoms with Gasteiger partial charge in [0, 0.05) is 45.2 Å². The summed E-state index contributed by atoms with van der Waals surface area (Å²) in [5, 5.41) is 0. The fourth-order valence-corrected chi connectivity index (χ4v) is 3.07. The summed E-state index contributed by atoms with van der Waals surface area (Å²) in [6, 6.07) is 0. The molecular formula is C12H19N3O2. The number of ether oxygens (including phenoxy) is 2. The Balaban J connectivity index is 1.69. The number of H-pyrrole nitrogens is 1. The second-order valence-electron chi connectivity index (χ2n) is 4.99. The van der Waals surface area contributed by atoms with E-state index in [1.807, 2.05) is 6.20 Å². The van der Waals surface area contributed by atoms with Crippen LogP contribution in [0.3, 0.4) is 0 Å². The van der Waals surface area contributed by atoms with Crippen molar-refractivity contribution in [3.05, 3.63) is 18.2 Å². The number of rotatable bonds is 3. The Hall–Kier alpha value is -0.910. The Labute approximate surface area is 101 Å². The van der Waals surface area contributed by atoms with Gasteiger partial charge in [-0.1, -0.05) is 0 Å². The molecule has 94 valence electrons. The summed E-state index contributed by atoms with van der Waals surface area (Å²) in [6.07, 6.45) is 6.07. The Morgan fingerprint density at radius 1 is 1.71 bits per heavy atom. The summed E-state index contributed by atoms with van der Waals surface area (Å²) < 4.78 is 11.6. The lowest BCUT2D eigenvalue weighted by Gasteiger charge is -2.28. The molecule has 0 aromatic carbocycles. The summed E-state index contributed by atoms with van der Waals surface area (Å²) >= 11 is 0. The predicted molar refractivity (Wildman–Crippen MR) is 62.6 cm³/mol. The van der Waals surface area contributed by atoms with Gasteiger partial charge in [0.2, 0.25) is 0 Å². The molecule has 1 aromatic rings. The minimum atomic E-state index is -0.0607.